The van der Waals surface area contributed by atoms with Crippen LogP contribution in [0.2, 0.25) is 0 Å². The minimum absolute atomic E-state index is 0.205. The first kappa shape index (κ1) is 19.0. The van der Waals surface area contributed by atoms with Gasteiger partial charge >= 0.3 is 6.03 Å². The summed E-state index contributed by atoms with van der Waals surface area (Å²) in [6.45, 7) is 5.69. The molecule has 2 N–H and O–H groups in total. The molecule has 7 nitrogen and oxygen atoms in total. The Morgan fingerprint density at radius 3 is 2.84 bits per heavy atom. The van der Waals surface area contributed by atoms with Crippen LogP contribution in [0.4, 0.5) is 4.79 Å². The fraction of sp³-hybridized carbons (Fsp3) is 0.611. The van der Waals surface area contributed by atoms with Gasteiger partial charge in [-0.15, -0.1) is 0 Å². The molecule has 0 unspecified atom stereocenters. The van der Waals surface area contributed by atoms with Gasteiger partial charge in [-0.1, -0.05) is 13.0 Å². The summed E-state index contributed by atoms with van der Waals surface area (Å²) in [6, 6.07) is 3.76. The Morgan fingerprint density at radius 1 is 1.40 bits per heavy atom. The van der Waals surface area contributed by atoms with Crippen LogP contribution in [0.15, 0.2) is 12.1 Å². The number of hydrogen-bond donors (Lipinski definition) is 2. The molecule has 1 atom stereocenters. The molecule has 0 aromatic carbocycles. The van der Waals surface area contributed by atoms with Crippen molar-refractivity contribution in [3.8, 4) is 5.88 Å². The molecule has 0 spiro atoms. The Balaban J connectivity index is 1.74. The van der Waals surface area contributed by atoms with Crippen LogP contribution in [0.25, 0.3) is 0 Å². The van der Waals surface area contributed by atoms with Crippen LogP contribution in [0.5, 0.6) is 5.88 Å². The summed E-state index contributed by atoms with van der Waals surface area (Å²) in [5, 5.41) is 5.67. The van der Waals surface area contributed by atoms with Crippen molar-refractivity contribution in [3.05, 3.63) is 23.4 Å². The van der Waals surface area contributed by atoms with Gasteiger partial charge in [-0.2, -0.15) is 0 Å². The van der Waals surface area contributed by atoms with E-state index in [0.717, 1.165) is 37.1 Å². The van der Waals surface area contributed by atoms with E-state index in [1.165, 1.54) is 0 Å². The predicted molar refractivity (Wildman–Crippen MR) is 95.4 cm³/mol. The Labute approximate surface area is 149 Å². The van der Waals surface area contributed by atoms with Gasteiger partial charge in [0.25, 0.3) is 0 Å². The molecule has 2 rings (SSSR count). The predicted octanol–water partition coefficient (Wildman–Crippen LogP) is 1.99. The summed E-state index contributed by atoms with van der Waals surface area (Å²) >= 11 is 0. The highest BCUT2D eigenvalue weighted by molar-refractivity contribution is 5.78. The molecule has 1 fully saturated rings. The van der Waals surface area contributed by atoms with Crippen LogP contribution in [0.3, 0.4) is 0 Å². The zero-order valence-electron chi connectivity index (χ0n) is 15.3. The van der Waals surface area contributed by atoms with Crippen molar-refractivity contribution in [2.24, 2.45) is 0 Å². The standard InChI is InChI=1S/C18H28N4O3/c1-4-15(22-11-5-6-16(22)23)9-10-19-18(24)20-12-14-8-7-13(2)21-17(14)25-3/h7-8,15H,4-6,9-12H2,1-3H3,(H2,19,20,24)/t15-/m1/s1. The molecule has 1 aromatic rings. The number of aryl methyl sites for hydroxylation is 1. The number of carbonyl (C=O) groups is 2. The van der Waals surface area contributed by atoms with Crippen molar-refractivity contribution in [3.63, 3.8) is 0 Å². The van der Waals surface area contributed by atoms with Crippen molar-refractivity contribution >= 4 is 11.9 Å². The molecule has 25 heavy (non-hydrogen) atoms. The topological polar surface area (TPSA) is 83.6 Å². The van der Waals surface area contributed by atoms with E-state index in [4.69, 9.17) is 4.74 Å². The second-order valence-corrected chi connectivity index (χ2v) is 6.27. The van der Waals surface area contributed by atoms with Gasteiger partial charge < -0.3 is 20.3 Å². The van der Waals surface area contributed by atoms with Crippen LogP contribution >= 0.6 is 0 Å². The number of likely N-dealkylation sites (tertiary alicyclic amines) is 1. The smallest absolute Gasteiger partial charge is 0.315 e. The molecule has 0 saturated carbocycles. The van der Waals surface area contributed by atoms with Gasteiger partial charge in [0.05, 0.1) is 7.11 Å². The number of amides is 3. The number of hydrogen-bond acceptors (Lipinski definition) is 4. The maximum Gasteiger partial charge on any atom is 0.315 e. The maximum atomic E-state index is 12.0. The van der Waals surface area contributed by atoms with Gasteiger partial charge in [-0.3, -0.25) is 4.79 Å². The normalized spacial score (nSPS) is 15.2. The lowest BCUT2D eigenvalue weighted by atomic mass is 10.1. The molecule has 1 aliphatic heterocycles. The third kappa shape index (κ3) is 5.34. The highest BCUT2D eigenvalue weighted by Crippen LogP contribution is 2.18. The fourth-order valence-electron chi connectivity index (χ4n) is 3.10. The summed E-state index contributed by atoms with van der Waals surface area (Å²) in [7, 11) is 1.57. The lowest BCUT2D eigenvalue weighted by Crippen LogP contribution is -2.41. The van der Waals surface area contributed by atoms with Crippen LogP contribution in [-0.2, 0) is 11.3 Å². The zero-order chi connectivity index (χ0) is 18.2. The van der Waals surface area contributed by atoms with E-state index in [0.29, 0.717) is 25.4 Å². The van der Waals surface area contributed by atoms with E-state index < -0.39 is 0 Å². The largest absolute Gasteiger partial charge is 0.481 e. The number of nitrogens with one attached hydrogen (secondary N) is 2. The summed E-state index contributed by atoms with van der Waals surface area (Å²) in [5.74, 6) is 0.758. The number of pyridine rings is 1. The molecule has 0 radical (unpaired) electrons. The van der Waals surface area contributed by atoms with Crippen molar-refractivity contribution in [1.29, 1.82) is 0 Å². The number of urea groups is 1. The van der Waals surface area contributed by atoms with E-state index in [2.05, 4.69) is 22.5 Å². The van der Waals surface area contributed by atoms with Gasteiger partial charge in [-0.25, -0.2) is 9.78 Å². The number of ether oxygens (including phenoxy) is 1. The molecular weight excluding hydrogens is 320 g/mol. The molecule has 2 heterocycles. The Morgan fingerprint density at radius 2 is 2.20 bits per heavy atom. The fourth-order valence-corrected chi connectivity index (χ4v) is 3.10. The highest BCUT2D eigenvalue weighted by atomic mass is 16.5. The van der Waals surface area contributed by atoms with Gasteiger partial charge in [0.2, 0.25) is 11.8 Å². The van der Waals surface area contributed by atoms with Crippen LogP contribution in [0, 0.1) is 6.92 Å². The average molecular weight is 348 g/mol. The Hall–Kier alpha value is -2.31. The van der Waals surface area contributed by atoms with E-state index in [9.17, 15) is 9.59 Å². The van der Waals surface area contributed by atoms with Gasteiger partial charge in [0.15, 0.2) is 0 Å². The van der Waals surface area contributed by atoms with E-state index in [1.807, 2.05) is 24.0 Å². The van der Waals surface area contributed by atoms with Crippen LogP contribution < -0.4 is 15.4 Å². The number of methoxy groups -OCH3 is 1. The average Bonchev–Trinajstić information content (AvgIpc) is 3.03. The van der Waals surface area contributed by atoms with Gasteiger partial charge in [0, 0.05) is 43.4 Å². The van der Waals surface area contributed by atoms with Crippen molar-refractivity contribution in [2.75, 3.05) is 20.2 Å². The molecule has 1 aliphatic rings. The third-order valence-electron chi connectivity index (χ3n) is 4.50. The van der Waals surface area contributed by atoms with E-state index >= 15 is 0 Å². The minimum atomic E-state index is -0.231. The van der Waals surface area contributed by atoms with Crippen molar-refractivity contribution in [2.45, 2.75) is 52.1 Å². The number of carbonyl (C=O) groups excluding carboxylic acids is 2. The summed E-state index contributed by atoms with van der Waals surface area (Å²) in [5.41, 5.74) is 1.70. The summed E-state index contributed by atoms with van der Waals surface area (Å²) < 4.78 is 5.23. The second-order valence-electron chi connectivity index (χ2n) is 6.27. The van der Waals surface area contributed by atoms with E-state index in [1.54, 1.807) is 7.11 Å². The Bertz CT molecular complexity index is 606. The maximum absolute atomic E-state index is 12.0. The SMILES string of the molecule is CC[C@H](CCNC(=O)NCc1ccc(C)nc1OC)N1CCCC1=O. The van der Waals surface area contributed by atoms with Crippen LogP contribution in [-0.4, -0.2) is 48.1 Å². The molecule has 7 heteroatoms. The molecule has 0 bridgehead atoms. The molecule has 0 aliphatic carbocycles. The van der Waals surface area contributed by atoms with Gasteiger partial charge in [0.1, 0.15) is 0 Å². The molecule has 1 saturated heterocycles. The van der Waals surface area contributed by atoms with E-state index in [-0.39, 0.29) is 18.0 Å². The molecule has 1 aromatic heterocycles. The summed E-state index contributed by atoms with van der Waals surface area (Å²) in [6.07, 6.45) is 3.26. The van der Waals surface area contributed by atoms with Crippen molar-refractivity contribution < 1.29 is 14.3 Å². The van der Waals surface area contributed by atoms with Crippen LogP contribution in [0.1, 0.15) is 43.9 Å². The molecule has 138 valence electrons. The lowest BCUT2D eigenvalue weighted by Gasteiger charge is -2.26. The first-order valence-corrected chi connectivity index (χ1v) is 8.86. The lowest BCUT2D eigenvalue weighted by molar-refractivity contribution is -0.129. The number of rotatable bonds is 8. The first-order chi connectivity index (χ1) is 12.0. The summed E-state index contributed by atoms with van der Waals surface area (Å²) in [4.78, 5) is 30.0. The number of nitrogens with zero attached hydrogens (tertiary/aromatic N) is 2. The quantitative estimate of drug-likeness (QED) is 0.752. The third-order valence-corrected chi connectivity index (χ3v) is 4.50. The molecule has 3 amide bonds. The number of aromatic nitrogens is 1. The van der Waals surface area contributed by atoms with Crippen molar-refractivity contribution in [1.82, 2.24) is 20.5 Å². The first-order valence-electron chi connectivity index (χ1n) is 8.86. The van der Waals surface area contributed by atoms with Gasteiger partial charge in [-0.05, 0) is 32.3 Å². The molecular formula is C18H28N4O3. The zero-order valence-corrected chi connectivity index (χ0v) is 15.3. The minimum Gasteiger partial charge on any atom is -0.481 e. The second kappa shape index (κ2) is 9.25. The highest BCUT2D eigenvalue weighted by Gasteiger charge is 2.26. The Kier molecular flexibility index (Phi) is 7.03. The monoisotopic (exact) mass is 348 g/mol.